The van der Waals surface area contributed by atoms with Crippen molar-refractivity contribution in [2.75, 3.05) is 6.61 Å². The molecule has 0 aliphatic heterocycles. The summed E-state index contributed by atoms with van der Waals surface area (Å²) in [6.07, 6.45) is 19.9. The third kappa shape index (κ3) is 6.08. The summed E-state index contributed by atoms with van der Waals surface area (Å²) in [5.74, 6) is 5.25. The summed E-state index contributed by atoms with van der Waals surface area (Å²) in [5, 5.41) is 0.843. The summed E-state index contributed by atoms with van der Waals surface area (Å²) < 4.78 is 18.0. The maximum absolute atomic E-state index is 13.2. The zero-order valence-electron chi connectivity index (χ0n) is 30.6. The number of hydrogen-bond donors (Lipinski definition) is 0. The SMILES string of the molecule is Cc1cc(OCC(=O)O[C@@H]2CC[C@]3(C)C(=CC[C@@H]4[C@H]5CC[C@@H]([C@@H](C)CCCC(C)C)[C@]5(C)CC[C@H]43)C2)c2c3c(c(=O)oc2c1)CCCC3. The highest BCUT2D eigenvalue weighted by Crippen LogP contribution is 2.67. The summed E-state index contributed by atoms with van der Waals surface area (Å²) in [6, 6.07) is 3.85. The van der Waals surface area contributed by atoms with Gasteiger partial charge in [-0.3, -0.25) is 0 Å². The summed E-state index contributed by atoms with van der Waals surface area (Å²) in [5.41, 5.74) is 5.31. The highest BCUT2D eigenvalue weighted by molar-refractivity contribution is 5.89. The van der Waals surface area contributed by atoms with Crippen LogP contribution in [0.15, 0.2) is 33.0 Å². The van der Waals surface area contributed by atoms with Crippen LogP contribution in [0.2, 0.25) is 0 Å². The van der Waals surface area contributed by atoms with Crippen LogP contribution in [0.25, 0.3) is 11.0 Å². The van der Waals surface area contributed by atoms with E-state index in [1.54, 1.807) is 5.57 Å². The van der Waals surface area contributed by atoms with Crippen LogP contribution in [-0.2, 0) is 22.4 Å². The van der Waals surface area contributed by atoms with Crippen LogP contribution >= 0.6 is 0 Å². The van der Waals surface area contributed by atoms with E-state index < -0.39 is 0 Å². The van der Waals surface area contributed by atoms with Crippen molar-refractivity contribution < 1.29 is 18.7 Å². The molecule has 262 valence electrons. The monoisotopic (exact) mass is 656 g/mol. The lowest BCUT2D eigenvalue weighted by Crippen LogP contribution is -2.51. The Kier molecular flexibility index (Phi) is 9.39. The van der Waals surface area contributed by atoms with E-state index in [0.29, 0.717) is 16.7 Å². The Morgan fingerprint density at radius 2 is 1.77 bits per heavy atom. The zero-order chi connectivity index (χ0) is 33.8. The van der Waals surface area contributed by atoms with Crippen LogP contribution in [0, 0.1) is 53.3 Å². The van der Waals surface area contributed by atoms with Gasteiger partial charge in [-0.25, -0.2) is 9.59 Å². The second kappa shape index (κ2) is 13.3. The molecule has 1 aromatic heterocycles. The first kappa shape index (κ1) is 33.9. The third-order valence-electron chi connectivity index (χ3n) is 14.3. The number of allylic oxidation sites excluding steroid dienone is 1. The van der Waals surface area contributed by atoms with Gasteiger partial charge in [0.1, 0.15) is 17.4 Å². The number of ether oxygens (including phenoxy) is 2. The Hall–Kier alpha value is -2.56. The molecule has 3 saturated carbocycles. The Labute approximate surface area is 288 Å². The molecule has 5 nitrogen and oxygen atoms in total. The largest absolute Gasteiger partial charge is 0.481 e. The van der Waals surface area contributed by atoms with E-state index in [-0.39, 0.29) is 29.7 Å². The van der Waals surface area contributed by atoms with Gasteiger partial charge in [-0.05, 0) is 147 Å². The number of aryl methyl sites for hydroxylation is 2. The van der Waals surface area contributed by atoms with Gasteiger partial charge in [-0.1, -0.05) is 65.5 Å². The van der Waals surface area contributed by atoms with Crippen molar-refractivity contribution in [3.05, 3.63) is 50.9 Å². The van der Waals surface area contributed by atoms with E-state index in [4.69, 9.17) is 13.9 Å². The number of esters is 1. The molecule has 1 aromatic carbocycles. The number of fused-ring (bicyclic) bond motifs is 8. The Morgan fingerprint density at radius 3 is 2.56 bits per heavy atom. The fourth-order valence-corrected chi connectivity index (χ4v) is 11.9. The highest BCUT2D eigenvalue weighted by Gasteiger charge is 2.59. The Bertz CT molecular complexity index is 1610. The summed E-state index contributed by atoms with van der Waals surface area (Å²) in [4.78, 5) is 25.9. The molecule has 5 heteroatoms. The van der Waals surface area contributed by atoms with Crippen molar-refractivity contribution in [2.45, 2.75) is 144 Å². The van der Waals surface area contributed by atoms with Crippen molar-refractivity contribution in [2.24, 2.45) is 46.3 Å². The van der Waals surface area contributed by atoms with Crippen LogP contribution < -0.4 is 10.4 Å². The Morgan fingerprint density at radius 1 is 0.979 bits per heavy atom. The van der Waals surface area contributed by atoms with E-state index in [1.165, 1.54) is 51.4 Å². The number of carbonyl (C=O) groups excluding carboxylic acids is 1. The van der Waals surface area contributed by atoms with E-state index >= 15 is 0 Å². The van der Waals surface area contributed by atoms with Crippen LogP contribution in [0.1, 0.15) is 135 Å². The van der Waals surface area contributed by atoms with Gasteiger partial charge in [0.15, 0.2) is 6.61 Å². The predicted octanol–water partition coefficient (Wildman–Crippen LogP) is 10.3. The normalized spacial score (nSPS) is 33.3. The smallest absolute Gasteiger partial charge is 0.344 e. The quantitative estimate of drug-likeness (QED) is 0.153. The maximum atomic E-state index is 13.2. The Balaban J connectivity index is 0.991. The predicted molar refractivity (Wildman–Crippen MR) is 192 cm³/mol. The second-order valence-corrected chi connectivity index (χ2v) is 17.6. The second-order valence-electron chi connectivity index (χ2n) is 17.6. The fraction of sp³-hybridized carbons (Fsp3) is 0.721. The first-order chi connectivity index (χ1) is 23.0. The van der Waals surface area contributed by atoms with Gasteiger partial charge in [-0.2, -0.15) is 0 Å². The number of benzene rings is 1. The fourth-order valence-electron chi connectivity index (χ4n) is 11.9. The molecular weight excluding hydrogens is 596 g/mol. The standard InChI is InChI=1S/C43H60O5/c1-26(2)10-9-11-28(4)34-16-17-35-33-15-14-29-24-30(18-20-42(29,5)36(33)19-21-43(34,35)6)47-39(44)25-46-37-22-27(3)23-38-40(37)31-12-7-8-13-32(31)41(45)48-38/h14,22-23,26,28,30,33-36H,7-13,15-21,24-25H2,1-6H3/t28-,30+,33+,34-,35+,36+,42+,43-/m0/s1. The lowest BCUT2D eigenvalue weighted by atomic mass is 9.47. The molecule has 8 atom stereocenters. The summed E-state index contributed by atoms with van der Waals surface area (Å²) >= 11 is 0. The molecule has 1 heterocycles. The van der Waals surface area contributed by atoms with Gasteiger partial charge in [0.25, 0.3) is 0 Å². The van der Waals surface area contributed by atoms with Gasteiger partial charge >= 0.3 is 11.6 Å². The van der Waals surface area contributed by atoms with Crippen molar-refractivity contribution in [3.8, 4) is 5.75 Å². The minimum Gasteiger partial charge on any atom is -0.481 e. The van der Waals surface area contributed by atoms with Crippen molar-refractivity contribution in [1.82, 2.24) is 0 Å². The van der Waals surface area contributed by atoms with Gasteiger partial charge in [0.2, 0.25) is 0 Å². The van der Waals surface area contributed by atoms with E-state index in [9.17, 15) is 9.59 Å². The number of rotatable bonds is 9. The molecule has 2 aromatic rings. The molecule has 0 unspecified atom stereocenters. The van der Waals surface area contributed by atoms with Crippen molar-refractivity contribution in [1.29, 1.82) is 0 Å². The summed E-state index contributed by atoms with van der Waals surface area (Å²) in [6.45, 7) is 14.3. The molecule has 0 saturated heterocycles. The number of carbonyl (C=O) groups is 1. The average Bonchev–Trinajstić information content (AvgIpc) is 3.41. The summed E-state index contributed by atoms with van der Waals surface area (Å²) in [7, 11) is 0. The van der Waals surface area contributed by atoms with Gasteiger partial charge in [-0.15, -0.1) is 0 Å². The molecular formula is C43H60O5. The molecule has 0 bridgehead atoms. The van der Waals surface area contributed by atoms with Gasteiger partial charge in [0, 0.05) is 12.0 Å². The van der Waals surface area contributed by atoms with Crippen molar-refractivity contribution >= 4 is 16.9 Å². The number of hydrogen-bond acceptors (Lipinski definition) is 5. The molecule has 5 aliphatic rings. The molecule has 0 N–H and O–H groups in total. The third-order valence-corrected chi connectivity index (χ3v) is 14.3. The molecule has 0 radical (unpaired) electrons. The highest BCUT2D eigenvalue weighted by atomic mass is 16.6. The first-order valence-electron chi connectivity index (χ1n) is 19.6. The van der Waals surface area contributed by atoms with Crippen molar-refractivity contribution in [3.63, 3.8) is 0 Å². The molecule has 7 rings (SSSR count). The minimum absolute atomic E-state index is 0.0894. The minimum atomic E-state index is -0.313. The van der Waals surface area contributed by atoms with E-state index in [2.05, 4.69) is 40.7 Å². The van der Waals surface area contributed by atoms with E-state index in [1.807, 2.05) is 19.1 Å². The van der Waals surface area contributed by atoms with Crippen LogP contribution in [0.4, 0.5) is 0 Å². The van der Waals surface area contributed by atoms with Crippen LogP contribution in [0.3, 0.4) is 0 Å². The molecule has 3 fully saturated rings. The van der Waals surface area contributed by atoms with Crippen LogP contribution in [0.5, 0.6) is 5.75 Å². The molecule has 0 spiro atoms. The lowest BCUT2D eigenvalue weighted by Gasteiger charge is -2.58. The lowest BCUT2D eigenvalue weighted by molar-refractivity contribution is -0.153. The van der Waals surface area contributed by atoms with Gasteiger partial charge < -0.3 is 13.9 Å². The molecule has 0 amide bonds. The molecule has 48 heavy (non-hydrogen) atoms. The van der Waals surface area contributed by atoms with E-state index in [0.717, 1.165) is 103 Å². The maximum Gasteiger partial charge on any atom is 0.344 e. The average molecular weight is 657 g/mol. The topological polar surface area (TPSA) is 65.7 Å². The first-order valence-corrected chi connectivity index (χ1v) is 19.6. The molecule has 5 aliphatic carbocycles. The zero-order valence-corrected chi connectivity index (χ0v) is 30.6. The van der Waals surface area contributed by atoms with Crippen LogP contribution in [-0.4, -0.2) is 18.7 Å². The van der Waals surface area contributed by atoms with Gasteiger partial charge in [0.05, 0.1) is 5.39 Å².